The van der Waals surface area contributed by atoms with Gasteiger partial charge < -0.3 is 5.32 Å². The molecular weight excluding hydrogens is 276 g/mol. The Morgan fingerprint density at radius 1 is 1.05 bits per heavy atom. The summed E-state index contributed by atoms with van der Waals surface area (Å²) in [5.74, 6) is -1.62. The van der Waals surface area contributed by atoms with Crippen molar-refractivity contribution in [3.8, 4) is 0 Å². The van der Waals surface area contributed by atoms with Crippen LogP contribution in [0.2, 0.25) is 0 Å². The van der Waals surface area contributed by atoms with Crippen LogP contribution >= 0.6 is 11.3 Å². The fraction of sp³-hybridized carbons (Fsp3) is 0.375. The van der Waals surface area contributed by atoms with Gasteiger partial charge in [-0.3, -0.25) is 0 Å². The molecule has 0 radical (unpaired) electrons. The van der Waals surface area contributed by atoms with Gasteiger partial charge in [-0.05, 0) is 42.3 Å². The molecule has 2 aromatic rings. The summed E-state index contributed by atoms with van der Waals surface area (Å²) in [6, 6.07) is 8.08. The molecule has 1 unspecified atom stereocenters. The number of thiophene rings is 1. The van der Waals surface area contributed by atoms with Gasteiger partial charge in [0.25, 0.3) is 0 Å². The third-order valence-corrected chi connectivity index (χ3v) is 4.79. The van der Waals surface area contributed by atoms with Crippen LogP contribution in [0.4, 0.5) is 8.78 Å². The van der Waals surface area contributed by atoms with Crippen molar-refractivity contribution >= 4 is 11.3 Å². The Kier molecular flexibility index (Phi) is 4.25. The van der Waals surface area contributed by atoms with Crippen LogP contribution in [0.3, 0.4) is 0 Å². The molecule has 1 heterocycles. The Morgan fingerprint density at radius 2 is 1.75 bits per heavy atom. The van der Waals surface area contributed by atoms with Crippen molar-refractivity contribution in [2.24, 2.45) is 0 Å². The molecule has 0 aliphatic heterocycles. The molecule has 0 aliphatic rings. The van der Waals surface area contributed by atoms with E-state index in [4.69, 9.17) is 0 Å². The SMILES string of the molecule is CNC(c1ccc(F)c(F)c1)c1ccc(C(C)(C)C)s1. The molecule has 0 aliphatic carbocycles. The van der Waals surface area contributed by atoms with E-state index in [-0.39, 0.29) is 11.5 Å². The Morgan fingerprint density at radius 3 is 2.25 bits per heavy atom. The molecule has 0 saturated carbocycles. The van der Waals surface area contributed by atoms with Crippen molar-refractivity contribution in [1.82, 2.24) is 5.32 Å². The molecule has 0 saturated heterocycles. The van der Waals surface area contributed by atoms with Crippen LogP contribution in [0, 0.1) is 11.6 Å². The largest absolute Gasteiger partial charge is 0.309 e. The summed E-state index contributed by atoms with van der Waals surface area (Å²) < 4.78 is 26.4. The van der Waals surface area contributed by atoms with E-state index in [0.29, 0.717) is 0 Å². The lowest BCUT2D eigenvalue weighted by atomic mass is 9.95. The van der Waals surface area contributed by atoms with Gasteiger partial charge in [-0.25, -0.2) is 8.78 Å². The van der Waals surface area contributed by atoms with Crippen molar-refractivity contribution in [2.45, 2.75) is 32.2 Å². The highest BCUT2D eigenvalue weighted by Gasteiger charge is 2.20. The molecule has 1 N–H and O–H groups in total. The molecule has 0 spiro atoms. The number of halogens is 2. The van der Waals surface area contributed by atoms with Crippen LogP contribution in [0.15, 0.2) is 30.3 Å². The van der Waals surface area contributed by atoms with E-state index in [2.05, 4.69) is 32.2 Å². The molecular formula is C16H19F2NS. The zero-order valence-electron chi connectivity index (χ0n) is 12.1. The lowest BCUT2D eigenvalue weighted by Crippen LogP contribution is -2.16. The normalized spacial score (nSPS) is 13.5. The number of benzene rings is 1. The molecule has 1 aromatic heterocycles. The number of nitrogens with one attached hydrogen (secondary N) is 1. The fourth-order valence-corrected chi connectivity index (χ4v) is 3.28. The number of hydrogen-bond donors (Lipinski definition) is 1. The van der Waals surface area contributed by atoms with E-state index >= 15 is 0 Å². The predicted molar refractivity (Wildman–Crippen MR) is 80.3 cm³/mol. The molecule has 1 aromatic carbocycles. The minimum Gasteiger partial charge on any atom is -0.309 e. The summed E-state index contributed by atoms with van der Waals surface area (Å²) in [7, 11) is 1.82. The lowest BCUT2D eigenvalue weighted by molar-refractivity contribution is 0.505. The topological polar surface area (TPSA) is 12.0 Å². The van der Waals surface area contributed by atoms with E-state index < -0.39 is 11.6 Å². The molecule has 4 heteroatoms. The lowest BCUT2D eigenvalue weighted by Gasteiger charge is -2.17. The Bertz CT molecular complexity index is 599. The zero-order valence-corrected chi connectivity index (χ0v) is 12.9. The first-order valence-electron chi connectivity index (χ1n) is 6.55. The van der Waals surface area contributed by atoms with Crippen molar-refractivity contribution in [3.63, 3.8) is 0 Å². The molecule has 0 fully saturated rings. The first-order chi connectivity index (χ1) is 9.32. The molecule has 108 valence electrons. The standard InChI is InChI=1S/C16H19F2NS/c1-16(2,3)14-8-7-13(20-14)15(19-4)10-5-6-11(17)12(18)9-10/h5-9,15,19H,1-4H3. The van der Waals surface area contributed by atoms with Gasteiger partial charge >= 0.3 is 0 Å². The van der Waals surface area contributed by atoms with Crippen molar-refractivity contribution in [1.29, 1.82) is 0 Å². The second-order valence-electron chi connectivity index (χ2n) is 5.85. The highest BCUT2D eigenvalue weighted by Crippen LogP contribution is 2.34. The summed E-state index contributed by atoms with van der Waals surface area (Å²) in [6.45, 7) is 6.48. The maximum atomic E-state index is 13.4. The maximum Gasteiger partial charge on any atom is 0.159 e. The zero-order chi connectivity index (χ0) is 14.9. The second-order valence-corrected chi connectivity index (χ2v) is 6.96. The number of hydrogen-bond acceptors (Lipinski definition) is 2. The minimum atomic E-state index is -0.815. The van der Waals surface area contributed by atoms with Gasteiger partial charge in [0, 0.05) is 9.75 Å². The monoisotopic (exact) mass is 295 g/mol. The summed E-state index contributed by atoms with van der Waals surface area (Å²) >= 11 is 1.70. The van der Waals surface area contributed by atoms with Crippen LogP contribution in [0.1, 0.15) is 42.1 Å². The molecule has 2 rings (SSSR count). The van der Waals surface area contributed by atoms with E-state index in [0.717, 1.165) is 10.4 Å². The van der Waals surface area contributed by atoms with Gasteiger partial charge in [0.05, 0.1) is 6.04 Å². The van der Waals surface area contributed by atoms with E-state index in [9.17, 15) is 8.78 Å². The van der Waals surface area contributed by atoms with Gasteiger partial charge in [0.1, 0.15) is 0 Å². The van der Waals surface area contributed by atoms with Crippen molar-refractivity contribution in [3.05, 3.63) is 57.3 Å². The van der Waals surface area contributed by atoms with E-state index in [1.807, 2.05) is 13.1 Å². The third-order valence-electron chi connectivity index (χ3n) is 3.22. The van der Waals surface area contributed by atoms with Gasteiger partial charge in [-0.1, -0.05) is 26.8 Å². The van der Waals surface area contributed by atoms with Gasteiger partial charge in [0.2, 0.25) is 0 Å². The number of rotatable bonds is 3. The average molecular weight is 295 g/mol. The fourth-order valence-electron chi connectivity index (χ4n) is 2.08. The van der Waals surface area contributed by atoms with Crippen LogP contribution < -0.4 is 5.32 Å². The van der Waals surface area contributed by atoms with Gasteiger partial charge in [0.15, 0.2) is 11.6 Å². The first kappa shape index (κ1) is 15.1. The van der Waals surface area contributed by atoms with Gasteiger partial charge in [-0.2, -0.15) is 0 Å². The average Bonchev–Trinajstić information content (AvgIpc) is 2.84. The Balaban J connectivity index is 2.37. The Hall–Kier alpha value is -1.26. The highest BCUT2D eigenvalue weighted by molar-refractivity contribution is 7.12. The molecule has 1 nitrogen and oxygen atoms in total. The molecule has 20 heavy (non-hydrogen) atoms. The molecule has 0 amide bonds. The van der Waals surface area contributed by atoms with Crippen LogP contribution in [0.25, 0.3) is 0 Å². The summed E-state index contributed by atoms with van der Waals surface area (Å²) in [4.78, 5) is 2.37. The molecule has 0 bridgehead atoms. The van der Waals surface area contributed by atoms with E-state index in [1.165, 1.54) is 17.0 Å². The third kappa shape index (κ3) is 3.07. The molecule has 1 atom stereocenters. The van der Waals surface area contributed by atoms with Crippen LogP contribution in [-0.4, -0.2) is 7.05 Å². The minimum absolute atomic E-state index is 0.0925. The predicted octanol–water partition coefficient (Wildman–Crippen LogP) is 4.63. The summed E-state index contributed by atoms with van der Waals surface area (Å²) in [5, 5.41) is 3.17. The quantitative estimate of drug-likeness (QED) is 0.870. The maximum absolute atomic E-state index is 13.4. The van der Waals surface area contributed by atoms with Crippen molar-refractivity contribution in [2.75, 3.05) is 7.05 Å². The Labute approximate surface area is 122 Å². The summed E-state index contributed by atoms with van der Waals surface area (Å²) in [6.07, 6.45) is 0. The van der Waals surface area contributed by atoms with Crippen molar-refractivity contribution < 1.29 is 8.78 Å². The second kappa shape index (κ2) is 5.62. The van der Waals surface area contributed by atoms with Crippen LogP contribution in [0.5, 0.6) is 0 Å². The van der Waals surface area contributed by atoms with E-state index in [1.54, 1.807) is 17.4 Å². The smallest absolute Gasteiger partial charge is 0.159 e. The summed E-state index contributed by atoms with van der Waals surface area (Å²) in [5.41, 5.74) is 0.823. The van der Waals surface area contributed by atoms with Gasteiger partial charge in [-0.15, -0.1) is 11.3 Å². The highest BCUT2D eigenvalue weighted by atomic mass is 32.1. The first-order valence-corrected chi connectivity index (χ1v) is 7.37. The van der Waals surface area contributed by atoms with Crippen LogP contribution in [-0.2, 0) is 5.41 Å².